The van der Waals surface area contributed by atoms with Gasteiger partial charge in [0.05, 0.1) is 0 Å². The average molecular weight is 355 g/mol. The van der Waals surface area contributed by atoms with Gasteiger partial charge in [-0.1, -0.05) is 12.1 Å². The number of amides is 1. The Morgan fingerprint density at radius 3 is 2.88 bits per heavy atom. The minimum absolute atomic E-state index is 0. The van der Waals surface area contributed by atoms with Crippen LogP contribution in [0, 0.1) is 5.92 Å². The summed E-state index contributed by atoms with van der Waals surface area (Å²) in [6, 6.07) is 6.91. The van der Waals surface area contributed by atoms with Gasteiger partial charge in [-0.15, -0.1) is 12.4 Å². The number of Topliss-reactive ketones (excluding diaryl/α,β-unsaturated/α-hetero) is 1. The summed E-state index contributed by atoms with van der Waals surface area (Å²) in [6.45, 7) is 6.05. The molecule has 0 aromatic heterocycles. The highest BCUT2D eigenvalue weighted by Gasteiger charge is 2.17. The number of piperidine rings is 1. The molecule has 134 valence electrons. The molecule has 0 radical (unpaired) electrons. The van der Waals surface area contributed by atoms with Gasteiger partial charge in [0.15, 0.2) is 11.9 Å². The van der Waals surface area contributed by atoms with Crippen molar-refractivity contribution < 1.29 is 14.3 Å². The zero-order valence-corrected chi connectivity index (χ0v) is 15.2. The van der Waals surface area contributed by atoms with Crippen molar-refractivity contribution >= 4 is 24.1 Å². The van der Waals surface area contributed by atoms with Crippen LogP contribution in [-0.2, 0) is 4.79 Å². The summed E-state index contributed by atoms with van der Waals surface area (Å²) in [7, 11) is 0. The minimum Gasteiger partial charge on any atom is -0.481 e. The van der Waals surface area contributed by atoms with E-state index >= 15 is 0 Å². The first-order valence-corrected chi connectivity index (χ1v) is 8.32. The number of ketones is 1. The van der Waals surface area contributed by atoms with Gasteiger partial charge in [0.2, 0.25) is 0 Å². The lowest BCUT2D eigenvalue weighted by atomic mass is 9.96. The fourth-order valence-electron chi connectivity index (χ4n) is 2.76. The first-order chi connectivity index (χ1) is 11.1. The van der Waals surface area contributed by atoms with Crippen molar-refractivity contribution in [2.75, 3.05) is 19.6 Å². The van der Waals surface area contributed by atoms with E-state index in [1.807, 2.05) is 0 Å². The molecule has 1 aliphatic rings. The maximum atomic E-state index is 12.1. The highest BCUT2D eigenvalue weighted by atomic mass is 35.5. The Balaban J connectivity index is 0.00000288. The third-order valence-corrected chi connectivity index (χ3v) is 4.17. The molecule has 2 unspecified atom stereocenters. The number of benzene rings is 1. The zero-order chi connectivity index (χ0) is 16.7. The van der Waals surface area contributed by atoms with Gasteiger partial charge in [0.25, 0.3) is 5.91 Å². The molecule has 1 fully saturated rings. The van der Waals surface area contributed by atoms with Crippen LogP contribution in [-0.4, -0.2) is 37.4 Å². The number of hydrogen-bond donors (Lipinski definition) is 2. The van der Waals surface area contributed by atoms with Gasteiger partial charge >= 0.3 is 0 Å². The van der Waals surface area contributed by atoms with Crippen LogP contribution in [0.4, 0.5) is 0 Å². The van der Waals surface area contributed by atoms with Crippen LogP contribution < -0.4 is 15.4 Å². The van der Waals surface area contributed by atoms with Crippen LogP contribution in [0.15, 0.2) is 24.3 Å². The van der Waals surface area contributed by atoms with Gasteiger partial charge in [0.1, 0.15) is 5.75 Å². The topological polar surface area (TPSA) is 67.4 Å². The van der Waals surface area contributed by atoms with Gasteiger partial charge < -0.3 is 15.4 Å². The third kappa shape index (κ3) is 6.49. The van der Waals surface area contributed by atoms with E-state index in [-0.39, 0.29) is 24.1 Å². The second-order valence-corrected chi connectivity index (χ2v) is 6.14. The van der Waals surface area contributed by atoms with Crippen LogP contribution in [0.25, 0.3) is 0 Å². The van der Waals surface area contributed by atoms with E-state index in [0.717, 1.165) is 19.5 Å². The van der Waals surface area contributed by atoms with Crippen LogP contribution in [0.1, 0.15) is 43.5 Å². The summed E-state index contributed by atoms with van der Waals surface area (Å²) in [5.74, 6) is 1.04. The predicted octanol–water partition coefficient (Wildman–Crippen LogP) is 2.58. The number of nitrogens with one attached hydrogen (secondary N) is 2. The maximum absolute atomic E-state index is 12.1. The molecule has 2 atom stereocenters. The van der Waals surface area contributed by atoms with Crippen molar-refractivity contribution in [2.45, 2.75) is 39.2 Å². The van der Waals surface area contributed by atoms with Crippen molar-refractivity contribution in [1.29, 1.82) is 0 Å². The molecule has 1 saturated heterocycles. The summed E-state index contributed by atoms with van der Waals surface area (Å²) in [5, 5.41) is 6.31. The lowest BCUT2D eigenvalue weighted by Gasteiger charge is -2.23. The molecular formula is C18H27ClN2O3. The van der Waals surface area contributed by atoms with Crippen LogP contribution in [0.5, 0.6) is 5.75 Å². The first-order valence-electron chi connectivity index (χ1n) is 8.32. The molecule has 1 aromatic carbocycles. The molecule has 1 aliphatic heterocycles. The summed E-state index contributed by atoms with van der Waals surface area (Å²) in [4.78, 5) is 23.5. The summed E-state index contributed by atoms with van der Waals surface area (Å²) in [6.07, 6.45) is 2.85. The molecule has 5 nitrogen and oxygen atoms in total. The monoisotopic (exact) mass is 354 g/mol. The molecule has 2 N–H and O–H groups in total. The predicted molar refractivity (Wildman–Crippen MR) is 97.0 cm³/mol. The standard InChI is InChI=1S/C18H26N2O3.ClH/c1-13(21)16-6-3-7-17(11-16)23-14(2)18(22)20-10-8-15-5-4-9-19-12-15;/h3,6-7,11,14-15,19H,4-5,8-10,12H2,1-2H3,(H,20,22);1H. The molecule has 0 aliphatic carbocycles. The van der Waals surface area contributed by atoms with Gasteiger partial charge in [-0.2, -0.15) is 0 Å². The van der Waals surface area contributed by atoms with E-state index in [0.29, 0.717) is 23.8 Å². The normalized spacial score (nSPS) is 18.2. The Morgan fingerprint density at radius 1 is 1.42 bits per heavy atom. The third-order valence-electron chi connectivity index (χ3n) is 4.17. The van der Waals surface area contributed by atoms with Gasteiger partial charge in [-0.25, -0.2) is 0 Å². The van der Waals surface area contributed by atoms with E-state index in [4.69, 9.17) is 4.74 Å². The van der Waals surface area contributed by atoms with E-state index in [2.05, 4.69) is 10.6 Å². The minimum atomic E-state index is -0.582. The molecule has 1 heterocycles. The molecule has 1 amide bonds. The van der Waals surface area contributed by atoms with E-state index in [1.54, 1.807) is 31.2 Å². The van der Waals surface area contributed by atoms with E-state index in [1.165, 1.54) is 19.8 Å². The SMILES string of the molecule is CC(=O)c1cccc(OC(C)C(=O)NCCC2CCCNC2)c1.Cl. The largest absolute Gasteiger partial charge is 0.481 e. The van der Waals surface area contributed by atoms with Gasteiger partial charge in [-0.05, 0) is 64.3 Å². The molecule has 0 saturated carbocycles. The molecule has 2 rings (SSSR count). The Morgan fingerprint density at radius 2 is 2.21 bits per heavy atom. The zero-order valence-electron chi connectivity index (χ0n) is 14.3. The van der Waals surface area contributed by atoms with Crippen molar-refractivity contribution in [1.82, 2.24) is 10.6 Å². The van der Waals surface area contributed by atoms with Gasteiger partial charge in [0, 0.05) is 12.1 Å². The van der Waals surface area contributed by atoms with Crippen molar-refractivity contribution in [3.8, 4) is 5.75 Å². The Hall–Kier alpha value is -1.59. The molecule has 6 heteroatoms. The van der Waals surface area contributed by atoms with E-state index in [9.17, 15) is 9.59 Å². The number of carbonyl (C=O) groups excluding carboxylic acids is 2. The molecule has 1 aromatic rings. The number of ether oxygens (including phenoxy) is 1. The summed E-state index contributed by atoms with van der Waals surface area (Å²) in [5.41, 5.74) is 0.583. The van der Waals surface area contributed by atoms with Crippen LogP contribution in [0.2, 0.25) is 0 Å². The lowest BCUT2D eigenvalue weighted by Crippen LogP contribution is -2.38. The Bertz CT molecular complexity index is 545. The highest BCUT2D eigenvalue weighted by Crippen LogP contribution is 2.16. The second-order valence-electron chi connectivity index (χ2n) is 6.14. The average Bonchev–Trinajstić information content (AvgIpc) is 2.56. The molecule has 0 bridgehead atoms. The molecule has 0 spiro atoms. The van der Waals surface area contributed by atoms with Crippen molar-refractivity contribution in [3.63, 3.8) is 0 Å². The van der Waals surface area contributed by atoms with Crippen LogP contribution >= 0.6 is 12.4 Å². The van der Waals surface area contributed by atoms with Crippen LogP contribution in [0.3, 0.4) is 0 Å². The van der Waals surface area contributed by atoms with Crippen molar-refractivity contribution in [3.05, 3.63) is 29.8 Å². The highest BCUT2D eigenvalue weighted by molar-refractivity contribution is 5.94. The second kappa shape index (κ2) is 10.3. The quantitative estimate of drug-likeness (QED) is 0.738. The van der Waals surface area contributed by atoms with Gasteiger partial charge in [-0.3, -0.25) is 9.59 Å². The lowest BCUT2D eigenvalue weighted by molar-refractivity contribution is -0.127. The number of rotatable bonds is 7. The summed E-state index contributed by atoms with van der Waals surface area (Å²) < 4.78 is 5.63. The Kier molecular flexibility index (Phi) is 8.79. The number of hydrogen-bond acceptors (Lipinski definition) is 4. The van der Waals surface area contributed by atoms with E-state index < -0.39 is 6.10 Å². The first kappa shape index (κ1) is 20.5. The number of carbonyl (C=O) groups is 2. The summed E-state index contributed by atoms with van der Waals surface area (Å²) >= 11 is 0. The fraction of sp³-hybridized carbons (Fsp3) is 0.556. The maximum Gasteiger partial charge on any atom is 0.260 e. The molecule has 24 heavy (non-hydrogen) atoms. The van der Waals surface area contributed by atoms with Crippen molar-refractivity contribution in [2.24, 2.45) is 5.92 Å². The smallest absolute Gasteiger partial charge is 0.260 e. The molecular weight excluding hydrogens is 328 g/mol. The number of halogens is 1. The Labute approximate surface area is 149 Å². The fourth-order valence-corrected chi connectivity index (χ4v) is 2.76.